The first-order valence-electron chi connectivity index (χ1n) is 10.7. The van der Waals surface area contributed by atoms with Gasteiger partial charge in [0.15, 0.2) is 0 Å². The number of hydrogen-bond acceptors (Lipinski definition) is 5. The van der Waals surface area contributed by atoms with Crippen LogP contribution in [-0.2, 0) is 10.9 Å². The standard InChI is InChI=1S/C26H21F3N2O4/c1-14-11-17(15-5-7-16(8-6-15)24(34)35-25(2,3)4)12-21(30-14)31-22(32)19-10-9-18(26(27,28)29)13-20(19)23(31)33/h5-13H,1-4H3. The van der Waals surface area contributed by atoms with Gasteiger partial charge in [0.25, 0.3) is 11.8 Å². The van der Waals surface area contributed by atoms with E-state index < -0.39 is 35.1 Å². The van der Waals surface area contributed by atoms with Gasteiger partial charge in [-0.3, -0.25) is 9.59 Å². The predicted molar refractivity (Wildman–Crippen MR) is 122 cm³/mol. The molecule has 3 aromatic rings. The fourth-order valence-corrected chi connectivity index (χ4v) is 3.69. The van der Waals surface area contributed by atoms with E-state index >= 15 is 0 Å². The molecule has 0 aliphatic carbocycles. The number of aryl methyl sites for hydroxylation is 1. The van der Waals surface area contributed by atoms with Crippen LogP contribution in [-0.4, -0.2) is 28.4 Å². The van der Waals surface area contributed by atoms with E-state index in [1.807, 2.05) is 0 Å². The van der Waals surface area contributed by atoms with E-state index in [2.05, 4.69) is 4.98 Å². The van der Waals surface area contributed by atoms with E-state index in [9.17, 15) is 27.6 Å². The van der Waals surface area contributed by atoms with Gasteiger partial charge in [-0.2, -0.15) is 13.2 Å². The van der Waals surface area contributed by atoms with Crippen LogP contribution < -0.4 is 4.90 Å². The molecule has 0 atom stereocenters. The molecule has 0 saturated heterocycles. The van der Waals surface area contributed by atoms with Crippen molar-refractivity contribution in [2.45, 2.75) is 39.5 Å². The lowest BCUT2D eigenvalue weighted by molar-refractivity contribution is -0.137. The van der Waals surface area contributed by atoms with Crippen molar-refractivity contribution in [3.63, 3.8) is 0 Å². The summed E-state index contributed by atoms with van der Waals surface area (Å²) in [7, 11) is 0. The molecule has 1 aliphatic heterocycles. The van der Waals surface area contributed by atoms with Crippen molar-refractivity contribution in [1.82, 2.24) is 4.98 Å². The number of amides is 2. The molecule has 2 amide bonds. The molecule has 0 N–H and O–H groups in total. The number of alkyl halides is 3. The molecule has 4 rings (SSSR count). The summed E-state index contributed by atoms with van der Waals surface area (Å²) in [6.45, 7) is 6.97. The van der Waals surface area contributed by atoms with Crippen molar-refractivity contribution >= 4 is 23.6 Å². The Morgan fingerprint density at radius 1 is 0.857 bits per heavy atom. The lowest BCUT2D eigenvalue weighted by atomic mass is 10.0. The van der Waals surface area contributed by atoms with E-state index in [4.69, 9.17) is 4.74 Å². The fourth-order valence-electron chi connectivity index (χ4n) is 3.69. The molecule has 0 bridgehead atoms. The number of esters is 1. The van der Waals surface area contributed by atoms with Crippen LogP contribution >= 0.6 is 0 Å². The number of benzene rings is 2. The summed E-state index contributed by atoms with van der Waals surface area (Å²) in [5, 5.41) is 0. The van der Waals surface area contributed by atoms with E-state index in [0.29, 0.717) is 28.5 Å². The van der Waals surface area contributed by atoms with Crippen LogP contribution in [0.25, 0.3) is 11.1 Å². The van der Waals surface area contributed by atoms with Gasteiger partial charge in [-0.15, -0.1) is 0 Å². The maximum Gasteiger partial charge on any atom is 0.416 e. The van der Waals surface area contributed by atoms with Crippen molar-refractivity contribution in [2.75, 3.05) is 4.90 Å². The number of halogens is 3. The summed E-state index contributed by atoms with van der Waals surface area (Å²) in [5.41, 5.74) is 0.0425. The number of carbonyl (C=O) groups is 3. The summed E-state index contributed by atoms with van der Waals surface area (Å²) < 4.78 is 44.7. The summed E-state index contributed by atoms with van der Waals surface area (Å²) in [5.74, 6) is -2.10. The largest absolute Gasteiger partial charge is 0.456 e. The maximum atomic E-state index is 13.1. The van der Waals surface area contributed by atoms with Crippen molar-refractivity contribution in [2.24, 2.45) is 0 Å². The monoisotopic (exact) mass is 482 g/mol. The van der Waals surface area contributed by atoms with Gasteiger partial charge in [-0.1, -0.05) is 12.1 Å². The highest BCUT2D eigenvalue weighted by atomic mass is 19.4. The SMILES string of the molecule is Cc1cc(-c2ccc(C(=O)OC(C)(C)C)cc2)cc(N2C(=O)c3ccc(C(F)(F)F)cc3C2=O)n1. The molecule has 0 fully saturated rings. The van der Waals surface area contributed by atoms with Crippen LogP contribution in [0.4, 0.5) is 19.0 Å². The van der Waals surface area contributed by atoms with Gasteiger partial charge in [0.05, 0.1) is 22.3 Å². The van der Waals surface area contributed by atoms with Gasteiger partial charge >= 0.3 is 12.1 Å². The predicted octanol–water partition coefficient (Wildman–Crippen LogP) is 5.83. The lowest BCUT2D eigenvalue weighted by Gasteiger charge is -2.19. The molecule has 180 valence electrons. The van der Waals surface area contributed by atoms with Gasteiger partial charge in [0.2, 0.25) is 0 Å². The van der Waals surface area contributed by atoms with Gasteiger partial charge in [0.1, 0.15) is 11.4 Å². The van der Waals surface area contributed by atoms with Crippen LogP contribution in [0.15, 0.2) is 54.6 Å². The average molecular weight is 482 g/mol. The number of fused-ring (bicyclic) bond motifs is 1. The third-order valence-corrected chi connectivity index (χ3v) is 5.24. The molecule has 0 radical (unpaired) electrons. The number of anilines is 1. The minimum atomic E-state index is -4.65. The third-order valence-electron chi connectivity index (χ3n) is 5.24. The molecule has 0 unspecified atom stereocenters. The number of pyridine rings is 1. The molecule has 6 nitrogen and oxygen atoms in total. The highest BCUT2D eigenvalue weighted by molar-refractivity contribution is 6.34. The molecule has 2 heterocycles. The van der Waals surface area contributed by atoms with Gasteiger partial charge in [-0.05, 0) is 81.3 Å². The maximum absolute atomic E-state index is 13.1. The summed E-state index contributed by atoms with van der Waals surface area (Å²) in [4.78, 5) is 43.1. The van der Waals surface area contributed by atoms with Gasteiger partial charge < -0.3 is 4.74 Å². The minimum Gasteiger partial charge on any atom is -0.456 e. The van der Waals surface area contributed by atoms with Gasteiger partial charge in [-0.25, -0.2) is 14.7 Å². The van der Waals surface area contributed by atoms with E-state index in [1.165, 1.54) is 6.07 Å². The average Bonchev–Trinajstić information content (AvgIpc) is 3.01. The highest BCUT2D eigenvalue weighted by Crippen LogP contribution is 2.35. The summed E-state index contributed by atoms with van der Waals surface area (Å²) >= 11 is 0. The zero-order valence-electron chi connectivity index (χ0n) is 19.4. The molecule has 0 saturated carbocycles. The van der Waals surface area contributed by atoms with Crippen molar-refractivity contribution in [3.8, 4) is 11.1 Å². The first-order chi connectivity index (χ1) is 16.2. The number of hydrogen-bond donors (Lipinski definition) is 0. The molecule has 0 spiro atoms. The minimum absolute atomic E-state index is 0.00372. The van der Waals surface area contributed by atoms with Crippen LogP contribution in [0, 0.1) is 6.92 Å². The topological polar surface area (TPSA) is 76.6 Å². The number of nitrogens with zero attached hydrogens (tertiary/aromatic N) is 2. The number of imide groups is 1. The second-order valence-corrected chi connectivity index (χ2v) is 9.14. The van der Waals surface area contributed by atoms with Crippen LogP contribution in [0.5, 0.6) is 0 Å². The molecular formula is C26H21F3N2O4. The molecule has 1 aromatic heterocycles. The normalized spacial score (nSPS) is 13.7. The van der Waals surface area contributed by atoms with Crippen LogP contribution in [0.3, 0.4) is 0 Å². The second-order valence-electron chi connectivity index (χ2n) is 9.14. The van der Waals surface area contributed by atoms with Crippen molar-refractivity contribution in [3.05, 3.63) is 82.5 Å². The Balaban J connectivity index is 1.67. The van der Waals surface area contributed by atoms with Crippen molar-refractivity contribution in [1.29, 1.82) is 0 Å². The first-order valence-corrected chi connectivity index (χ1v) is 10.7. The molecule has 9 heteroatoms. The Morgan fingerprint density at radius 3 is 2.09 bits per heavy atom. The zero-order chi connectivity index (χ0) is 25.7. The van der Waals surface area contributed by atoms with E-state index in [-0.39, 0.29) is 16.9 Å². The Hall–Kier alpha value is -4.01. The first kappa shape index (κ1) is 24.1. The fraction of sp³-hybridized carbons (Fsp3) is 0.231. The van der Waals surface area contributed by atoms with E-state index in [1.54, 1.807) is 58.0 Å². The van der Waals surface area contributed by atoms with Crippen LogP contribution in [0.2, 0.25) is 0 Å². The number of rotatable bonds is 3. The molecular weight excluding hydrogens is 461 g/mol. The Morgan fingerprint density at radius 2 is 1.49 bits per heavy atom. The second kappa shape index (κ2) is 8.33. The lowest BCUT2D eigenvalue weighted by Crippen LogP contribution is -2.30. The number of aromatic nitrogens is 1. The number of carbonyl (C=O) groups excluding carboxylic acids is 3. The molecule has 1 aliphatic rings. The Labute approximate surface area is 199 Å². The smallest absolute Gasteiger partial charge is 0.416 e. The molecule has 2 aromatic carbocycles. The Bertz CT molecular complexity index is 1360. The number of ether oxygens (including phenoxy) is 1. The third kappa shape index (κ3) is 4.80. The van der Waals surface area contributed by atoms with Crippen LogP contribution in [0.1, 0.15) is 63.1 Å². The molecule has 35 heavy (non-hydrogen) atoms. The summed E-state index contributed by atoms with van der Waals surface area (Å²) in [6.07, 6.45) is -4.65. The van der Waals surface area contributed by atoms with E-state index in [0.717, 1.165) is 17.0 Å². The zero-order valence-corrected chi connectivity index (χ0v) is 19.4. The van der Waals surface area contributed by atoms with Gasteiger partial charge in [0, 0.05) is 5.69 Å². The Kier molecular flexibility index (Phi) is 5.75. The highest BCUT2D eigenvalue weighted by Gasteiger charge is 2.40. The summed E-state index contributed by atoms with van der Waals surface area (Å²) in [6, 6.07) is 12.3. The van der Waals surface area contributed by atoms with Crippen molar-refractivity contribution < 1.29 is 32.3 Å². The quantitative estimate of drug-likeness (QED) is 0.347.